The van der Waals surface area contributed by atoms with Gasteiger partial charge in [-0.05, 0) is 33.1 Å². The van der Waals surface area contributed by atoms with Crippen LogP contribution in [-0.4, -0.2) is 24.3 Å². The maximum Gasteiger partial charge on any atom is 0.288 e. The lowest BCUT2D eigenvalue weighted by molar-refractivity contribution is -0.126. The summed E-state index contributed by atoms with van der Waals surface area (Å²) in [6, 6.07) is 0.131. The monoisotopic (exact) mass is 242 g/mol. The summed E-state index contributed by atoms with van der Waals surface area (Å²) in [4.78, 5) is 20.7. The molecule has 0 spiro atoms. The summed E-state index contributed by atoms with van der Waals surface area (Å²) in [6.45, 7) is 10.5. The topological polar surface area (TPSA) is 50.7 Å². The number of rotatable bonds is 8. The molecule has 1 amide bonds. The Kier molecular flexibility index (Phi) is 8.68. The number of hydroxylamine groups is 1. The van der Waals surface area contributed by atoms with E-state index in [0.717, 1.165) is 18.8 Å². The van der Waals surface area contributed by atoms with Crippen LogP contribution in [-0.2, 0) is 9.63 Å². The molecule has 1 N–H and O–H groups in total. The van der Waals surface area contributed by atoms with Gasteiger partial charge < -0.3 is 0 Å². The van der Waals surface area contributed by atoms with E-state index in [1.807, 2.05) is 13.8 Å². The molecule has 0 atom stereocenters. The molecule has 0 aromatic carbocycles. The Morgan fingerprint density at radius 3 is 2.41 bits per heavy atom. The fourth-order valence-electron chi connectivity index (χ4n) is 1.36. The third kappa shape index (κ3) is 10.00. The van der Waals surface area contributed by atoms with Crippen molar-refractivity contribution in [2.24, 2.45) is 10.9 Å². The highest BCUT2D eigenvalue weighted by molar-refractivity contribution is 6.37. The molecule has 0 unspecified atom stereocenters. The molecule has 0 saturated heterocycles. The van der Waals surface area contributed by atoms with Crippen LogP contribution in [0.1, 0.15) is 53.9 Å². The first kappa shape index (κ1) is 16.1. The molecule has 4 nitrogen and oxygen atoms in total. The first-order chi connectivity index (χ1) is 7.93. The van der Waals surface area contributed by atoms with Gasteiger partial charge in [-0.15, -0.1) is 0 Å². The van der Waals surface area contributed by atoms with Gasteiger partial charge in [-0.25, -0.2) is 5.48 Å². The summed E-state index contributed by atoms with van der Waals surface area (Å²) in [5, 5.41) is 0. The second kappa shape index (κ2) is 9.16. The molecular weight excluding hydrogens is 216 g/mol. The highest BCUT2D eigenvalue weighted by Crippen LogP contribution is 2.05. The molecule has 4 heteroatoms. The number of unbranched alkanes of at least 4 members (excludes halogenated alkanes) is 1. The molecule has 0 saturated carbocycles. The molecule has 0 aliphatic rings. The average molecular weight is 242 g/mol. The van der Waals surface area contributed by atoms with Gasteiger partial charge in [0.05, 0.1) is 12.3 Å². The van der Waals surface area contributed by atoms with E-state index in [-0.39, 0.29) is 11.9 Å². The summed E-state index contributed by atoms with van der Waals surface area (Å²) in [6.07, 6.45) is 3.30. The number of aliphatic imine (C=N–C) groups is 1. The number of carbonyl (C=O) groups excluding carboxylic acids is 1. The van der Waals surface area contributed by atoms with Crippen molar-refractivity contribution >= 4 is 11.6 Å². The second-order valence-electron chi connectivity index (χ2n) is 4.98. The molecule has 17 heavy (non-hydrogen) atoms. The number of carbonyl (C=O) groups is 1. The van der Waals surface area contributed by atoms with E-state index in [0.29, 0.717) is 12.3 Å². The molecule has 0 aromatic rings. The lowest BCUT2D eigenvalue weighted by Crippen LogP contribution is -2.30. The van der Waals surface area contributed by atoms with Gasteiger partial charge in [0.1, 0.15) is 0 Å². The first-order valence-electron chi connectivity index (χ1n) is 6.40. The van der Waals surface area contributed by atoms with Crippen LogP contribution in [0.15, 0.2) is 4.99 Å². The molecule has 100 valence electrons. The summed E-state index contributed by atoms with van der Waals surface area (Å²) < 4.78 is 0. The van der Waals surface area contributed by atoms with E-state index in [4.69, 9.17) is 4.84 Å². The lowest BCUT2D eigenvalue weighted by Gasteiger charge is -2.07. The second-order valence-corrected chi connectivity index (χ2v) is 4.98. The van der Waals surface area contributed by atoms with Crippen molar-refractivity contribution in [3.05, 3.63) is 0 Å². The van der Waals surface area contributed by atoms with Crippen molar-refractivity contribution in [3.63, 3.8) is 0 Å². The Bertz CT molecular complexity index is 248. The third-order valence-corrected chi connectivity index (χ3v) is 2.22. The van der Waals surface area contributed by atoms with E-state index < -0.39 is 0 Å². The van der Waals surface area contributed by atoms with Gasteiger partial charge in [-0.3, -0.25) is 14.6 Å². The molecule has 0 fully saturated rings. The molecular formula is C13H26N2O2. The Hall–Kier alpha value is -0.900. The maximum absolute atomic E-state index is 11.5. The summed E-state index contributed by atoms with van der Waals surface area (Å²) in [5.41, 5.74) is 2.87. The van der Waals surface area contributed by atoms with Crippen LogP contribution in [0.3, 0.4) is 0 Å². The van der Waals surface area contributed by atoms with Crippen LogP contribution in [0, 0.1) is 5.92 Å². The van der Waals surface area contributed by atoms with Gasteiger partial charge >= 0.3 is 0 Å². The molecule has 0 heterocycles. The van der Waals surface area contributed by atoms with Crippen LogP contribution in [0.4, 0.5) is 0 Å². The Morgan fingerprint density at radius 1 is 1.24 bits per heavy atom. The standard InChI is InChI=1S/C13H26N2O2/c1-10(2)8-6-7-9-17-15-13(16)12(5)14-11(3)4/h10-11H,6-9H2,1-5H3,(H,15,16). The van der Waals surface area contributed by atoms with Crippen LogP contribution in [0.25, 0.3) is 0 Å². The third-order valence-electron chi connectivity index (χ3n) is 2.22. The smallest absolute Gasteiger partial charge is 0.282 e. The highest BCUT2D eigenvalue weighted by atomic mass is 16.6. The fourth-order valence-corrected chi connectivity index (χ4v) is 1.36. The lowest BCUT2D eigenvalue weighted by atomic mass is 10.1. The zero-order valence-electron chi connectivity index (χ0n) is 11.7. The SMILES string of the molecule is CC(=NC(C)C)C(=O)NOCCCCC(C)C. The number of hydrogen-bond donors (Lipinski definition) is 1. The molecule has 0 bridgehead atoms. The van der Waals surface area contributed by atoms with Crippen molar-refractivity contribution in [2.75, 3.05) is 6.61 Å². The molecule has 0 aromatic heterocycles. The van der Waals surface area contributed by atoms with Crippen LogP contribution in [0.2, 0.25) is 0 Å². The van der Waals surface area contributed by atoms with Gasteiger partial charge in [0.25, 0.3) is 5.91 Å². The highest BCUT2D eigenvalue weighted by Gasteiger charge is 2.05. The predicted octanol–water partition coefficient (Wildman–Crippen LogP) is 2.73. The molecule has 0 rings (SSSR count). The largest absolute Gasteiger partial charge is 0.288 e. The van der Waals surface area contributed by atoms with Crippen molar-refractivity contribution in [3.8, 4) is 0 Å². The van der Waals surface area contributed by atoms with Gasteiger partial charge in [0.2, 0.25) is 0 Å². The summed E-state index contributed by atoms with van der Waals surface area (Å²) >= 11 is 0. The minimum Gasteiger partial charge on any atom is -0.282 e. The Balaban J connectivity index is 3.58. The van der Waals surface area contributed by atoms with E-state index >= 15 is 0 Å². The normalized spacial score (nSPS) is 12.3. The maximum atomic E-state index is 11.5. The summed E-state index contributed by atoms with van der Waals surface area (Å²) in [5.74, 6) is 0.479. The van der Waals surface area contributed by atoms with Gasteiger partial charge in [0.15, 0.2) is 0 Å². The zero-order chi connectivity index (χ0) is 13.3. The number of amides is 1. The quantitative estimate of drug-likeness (QED) is 0.404. The van der Waals surface area contributed by atoms with E-state index in [9.17, 15) is 4.79 Å². The van der Waals surface area contributed by atoms with Crippen molar-refractivity contribution < 1.29 is 9.63 Å². The average Bonchev–Trinajstić information content (AvgIpc) is 2.21. The Labute approximate surface area is 105 Å². The van der Waals surface area contributed by atoms with E-state index in [2.05, 4.69) is 24.3 Å². The molecule has 0 aliphatic heterocycles. The molecule has 0 radical (unpaired) electrons. The fraction of sp³-hybridized carbons (Fsp3) is 0.846. The first-order valence-corrected chi connectivity index (χ1v) is 6.40. The van der Waals surface area contributed by atoms with E-state index in [1.54, 1.807) is 6.92 Å². The van der Waals surface area contributed by atoms with Crippen molar-refractivity contribution in [1.82, 2.24) is 5.48 Å². The Morgan fingerprint density at radius 2 is 1.88 bits per heavy atom. The van der Waals surface area contributed by atoms with Crippen LogP contribution in [0.5, 0.6) is 0 Å². The minimum absolute atomic E-state index is 0.131. The van der Waals surface area contributed by atoms with Crippen LogP contribution < -0.4 is 5.48 Å². The van der Waals surface area contributed by atoms with Gasteiger partial charge in [0, 0.05) is 6.04 Å². The van der Waals surface area contributed by atoms with Crippen LogP contribution >= 0.6 is 0 Å². The number of nitrogens with one attached hydrogen (secondary N) is 1. The van der Waals surface area contributed by atoms with Gasteiger partial charge in [-0.2, -0.15) is 0 Å². The minimum atomic E-state index is -0.248. The van der Waals surface area contributed by atoms with Crippen molar-refractivity contribution in [2.45, 2.75) is 59.9 Å². The predicted molar refractivity (Wildman–Crippen MR) is 71.0 cm³/mol. The number of nitrogens with zero attached hydrogens (tertiary/aromatic N) is 1. The summed E-state index contributed by atoms with van der Waals surface area (Å²) in [7, 11) is 0. The van der Waals surface area contributed by atoms with Crippen molar-refractivity contribution in [1.29, 1.82) is 0 Å². The zero-order valence-corrected chi connectivity index (χ0v) is 11.7. The van der Waals surface area contributed by atoms with E-state index in [1.165, 1.54) is 6.42 Å². The number of hydrogen-bond acceptors (Lipinski definition) is 3. The molecule has 0 aliphatic carbocycles. The van der Waals surface area contributed by atoms with Gasteiger partial charge in [-0.1, -0.05) is 26.7 Å².